The summed E-state index contributed by atoms with van der Waals surface area (Å²) in [5.74, 6) is 1.19. The Balaban J connectivity index is 1.67. The normalized spacial score (nSPS) is 23.2. The lowest BCUT2D eigenvalue weighted by molar-refractivity contribution is -0.135. The zero-order chi connectivity index (χ0) is 9.10. The molecule has 74 valence electrons. The first-order valence-electron chi connectivity index (χ1n) is 5.22. The predicted molar refractivity (Wildman–Crippen MR) is 49.4 cm³/mol. The lowest BCUT2D eigenvalue weighted by Gasteiger charge is -2.26. The third kappa shape index (κ3) is 2.69. The van der Waals surface area contributed by atoms with Gasteiger partial charge in [-0.3, -0.25) is 4.79 Å². The van der Waals surface area contributed by atoms with E-state index in [0.29, 0.717) is 5.91 Å². The van der Waals surface area contributed by atoms with Gasteiger partial charge in [-0.2, -0.15) is 0 Å². The Morgan fingerprint density at radius 3 is 2.62 bits per heavy atom. The van der Waals surface area contributed by atoms with Gasteiger partial charge in [0.25, 0.3) is 0 Å². The lowest BCUT2D eigenvalue weighted by Crippen LogP contribution is -2.40. The number of carbonyl (C=O) groups excluding carboxylic acids is 1. The Hall–Kier alpha value is -0.570. The number of ether oxygens (including phenoxy) is 1. The van der Waals surface area contributed by atoms with Crippen LogP contribution in [0.2, 0.25) is 0 Å². The molecule has 2 rings (SSSR count). The molecule has 1 saturated heterocycles. The van der Waals surface area contributed by atoms with Crippen LogP contribution < -0.4 is 0 Å². The Kier molecular flexibility index (Phi) is 2.83. The second-order valence-electron chi connectivity index (χ2n) is 3.98. The van der Waals surface area contributed by atoms with Gasteiger partial charge in [0.15, 0.2) is 0 Å². The van der Waals surface area contributed by atoms with Crippen molar-refractivity contribution in [1.82, 2.24) is 4.90 Å². The number of nitrogens with zero attached hydrogens (tertiary/aromatic N) is 1. The van der Waals surface area contributed by atoms with Crippen LogP contribution in [-0.2, 0) is 9.53 Å². The second-order valence-corrected chi connectivity index (χ2v) is 3.98. The van der Waals surface area contributed by atoms with E-state index in [0.717, 1.165) is 45.1 Å². The van der Waals surface area contributed by atoms with Gasteiger partial charge in [0, 0.05) is 19.5 Å². The lowest BCUT2D eigenvalue weighted by atomic mass is 10.2. The summed E-state index contributed by atoms with van der Waals surface area (Å²) in [6.07, 6.45) is 4.55. The molecule has 3 heteroatoms. The molecule has 0 unspecified atom stereocenters. The number of carbonyl (C=O) groups is 1. The van der Waals surface area contributed by atoms with Crippen molar-refractivity contribution in [2.45, 2.75) is 25.7 Å². The first-order chi connectivity index (χ1) is 6.36. The second kappa shape index (κ2) is 4.09. The Morgan fingerprint density at radius 2 is 2.00 bits per heavy atom. The number of morpholine rings is 1. The number of amides is 1. The van der Waals surface area contributed by atoms with Crippen LogP contribution >= 0.6 is 0 Å². The molecule has 0 spiro atoms. The fourth-order valence-electron chi connectivity index (χ4n) is 1.70. The van der Waals surface area contributed by atoms with Crippen molar-refractivity contribution >= 4 is 5.91 Å². The molecule has 1 heterocycles. The molecule has 1 amide bonds. The van der Waals surface area contributed by atoms with Crippen molar-refractivity contribution in [2.75, 3.05) is 26.3 Å². The molecule has 0 radical (unpaired) electrons. The van der Waals surface area contributed by atoms with Crippen LogP contribution in [0.15, 0.2) is 0 Å². The van der Waals surface area contributed by atoms with Crippen molar-refractivity contribution in [3.05, 3.63) is 0 Å². The van der Waals surface area contributed by atoms with Crippen LogP contribution in [0.5, 0.6) is 0 Å². The minimum absolute atomic E-state index is 0.329. The Bertz CT molecular complexity index is 183. The standard InChI is InChI=1S/C10H17NO2/c12-10(4-3-9-1-2-9)11-5-7-13-8-6-11/h9H,1-8H2. The maximum Gasteiger partial charge on any atom is 0.222 e. The monoisotopic (exact) mass is 183 g/mol. The van der Waals surface area contributed by atoms with Crippen molar-refractivity contribution in [3.8, 4) is 0 Å². The number of hydrogen-bond acceptors (Lipinski definition) is 2. The Labute approximate surface area is 79.0 Å². The van der Waals surface area contributed by atoms with E-state index in [-0.39, 0.29) is 0 Å². The summed E-state index contributed by atoms with van der Waals surface area (Å²) in [6.45, 7) is 3.03. The van der Waals surface area contributed by atoms with Crippen LogP contribution in [0.4, 0.5) is 0 Å². The smallest absolute Gasteiger partial charge is 0.222 e. The van der Waals surface area contributed by atoms with Gasteiger partial charge in [-0.25, -0.2) is 0 Å². The van der Waals surface area contributed by atoms with Crippen molar-refractivity contribution < 1.29 is 9.53 Å². The molecular weight excluding hydrogens is 166 g/mol. The molecule has 0 bridgehead atoms. The molecule has 2 fully saturated rings. The fourth-order valence-corrected chi connectivity index (χ4v) is 1.70. The van der Waals surface area contributed by atoms with E-state index in [9.17, 15) is 4.79 Å². The number of hydrogen-bond donors (Lipinski definition) is 0. The highest BCUT2D eigenvalue weighted by Gasteiger charge is 2.24. The average molecular weight is 183 g/mol. The first kappa shape index (κ1) is 9.00. The summed E-state index contributed by atoms with van der Waals surface area (Å²) in [5, 5.41) is 0. The van der Waals surface area contributed by atoms with Gasteiger partial charge in [-0.15, -0.1) is 0 Å². The van der Waals surface area contributed by atoms with E-state index >= 15 is 0 Å². The summed E-state index contributed by atoms with van der Waals surface area (Å²) in [7, 11) is 0. The van der Waals surface area contributed by atoms with Gasteiger partial charge in [0.05, 0.1) is 13.2 Å². The molecule has 1 aliphatic heterocycles. The van der Waals surface area contributed by atoms with Gasteiger partial charge in [-0.1, -0.05) is 12.8 Å². The zero-order valence-corrected chi connectivity index (χ0v) is 8.00. The van der Waals surface area contributed by atoms with Gasteiger partial charge < -0.3 is 9.64 Å². The largest absolute Gasteiger partial charge is 0.378 e. The van der Waals surface area contributed by atoms with E-state index in [1.165, 1.54) is 12.8 Å². The predicted octanol–water partition coefficient (Wildman–Crippen LogP) is 1.04. The third-order valence-corrected chi connectivity index (χ3v) is 2.83. The van der Waals surface area contributed by atoms with Crippen LogP contribution in [0.1, 0.15) is 25.7 Å². The van der Waals surface area contributed by atoms with E-state index < -0.39 is 0 Å². The van der Waals surface area contributed by atoms with E-state index in [2.05, 4.69) is 0 Å². The average Bonchev–Trinajstić information content (AvgIpc) is 2.99. The summed E-state index contributed by atoms with van der Waals surface area (Å²) in [5.41, 5.74) is 0. The maximum absolute atomic E-state index is 11.6. The topological polar surface area (TPSA) is 29.5 Å². The molecule has 3 nitrogen and oxygen atoms in total. The molecule has 0 aromatic heterocycles. The summed E-state index contributed by atoms with van der Waals surface area (Å²) >= 11 is 0. The SMILES string of the molecule is O=C(CCC1CC1)N1CCOCC1. The first-order valence-corrected chi connectivity index (χ1v) is 5.22. The van der Waals surface area contributed by atoms with Crippen LogP contribution in [0, 0.1) is 5.92 Å². The van der Waals surface area contributed by atoms with Crippen LogP contribution in [0.25, 0.3) is 0 Å². The molecule has 0 atom stereocenters. The van der Waals surface area contributed by atoms with Crippen molar-refractivity contribution in [1.29, 1.82) is 0 Å². The van der Waals surface area contributed by atoms with E-state index in [1.807, 2.05) is 4.90 Å². The minimum Gasteiger partial charge on any atom is -0.378 e. The fraction of sp³-hybridized carbons (Fsp3) is 0.900. The quantitative estimate of drug-likeness (QED) is 0.654. The maximum atomic E-state index is 11.6. The molecule has 2 aliphatic rings. The molecule has 1 saturated carbocycles. The molecule has 1 aliphatic carbocycles. The van der Waals surface area contributed by atoms with E-state index in [4.69, 9.17) is 4.74 Å². The molecular formula is C10H17NO2. The van der Waals surface area contributed by atoms with Crippen LogP contribution in [-0.4, -0.2) is 37.1 Å². The summed E-state index contributed by atoms with van der Waals surface area (Å²) < 4.78 is 5.19. The molecule has 0 N–H and O–H groups in total. The van der Waals surface area contributed by atoms with Gasteiger partial charge in [0.2, 0.25) is 5.91 Å². The van der Waals surface area contributed by atoms with Crippen LogP contribution in [0.3, 0.4) is 0 Å². The highest BCUT2D eigenvalue weighted by Crippen LogP contribution is 2.33. The molecule has 0 aromatic carbocycles. The van der Waals surface area contributed by atoms with Gasteiger partial charge in [0.1, 0.15) is 0 Å². The van der Waals surface area contributed by atoms with E-state index in [1.54, 1.807) is 0 Å². The Morgan fingerprint density at radius 1 is 1.31 bits per heavy atom. The summed E-state index contributed by atoms with van der Waals surface area (Å²) in [4.78, 5) is 13.5. The van der Waals surface area contributed by atoms with Gasteiger partial charge >= 0.3 is 0 Å². The zero-order valence-electron chi connectivity index (χ0n) is 8.00. The summed E-state index contributed by atoms with van der Waals surface area (Å²) in [6, 6.07) is 0. The minimum atomic E-state index is 0.329. The third-order valence-electron chi connectivity index (χ3n) is 2.83. The number of rotatable bonds is 3. The highest BCUT2D eigenvalue weighted by molar-refractivity contribution is 5.76. The van der Waals surface area contributed by atoms with Crippen molar-refractivity contribution in [3.63, 3.8) is 0 Å². The highest BCUT2D eigenvalue weighted by atomic mass is 16.5. The van der Waals surface area contributed by atoms with Gasteiger partial charge in [-0.05, 0) is 12.3 Å². The molecule has 0 aromatic rings. The molecule has 13 heavy (non-hydrogen) atoms. The van der Waals surface area contributed by atoms with Crippen molar-refractivity contribution in [2.24, 2.45) is 5.92 Å².